The molecule has 0 saturated carbocycles. The van der Waals surface area contributed by atoms with Crippen LogP contribution in [0, 0.1) is 0 Å². The van der Waals surface area contributed by atoms with Crippen molar-refractivity contribution in [1.82, 2.24) is 10.2 Å². The van der Waals surface area contributed by atoms with E-state index in [1.165, 1.54) is 11.8 Å². The molecule has 1 saturated heterocycles. The quantitative estimate of drug-likeness (QED) is 0.128. The SMILES string of the molecule is CC(=O)Cl.NC(N)=NCCC[C@@H](NC(=O)C1CCCN1C(=O)C(N)Cc1ccccc1)C(=O)O. The van der Waals surface area contributed by atoms with E-state index in [1.54, 1.807) is 0 Å². The van der Waals surface area contributed by atoms with Crippen LogP contribution in [0.4, 0.5) is 0 Å². The number of nitrogens with zero attached hydrogens (tertiary/aromatic N) is 2. The van der Waals surface area contributed by atoms with E-state index in [9.17, 15) is 24.3 Å². The van der Waals surface area contributed by atoms with E-state index in [1.807, 2.05) is 30.3 Å². The van der Waals surface area contributed by atoms with Crippen LogP contribution in [0.1, 0.15) is 38.2 Å². The lowest BCUT2D eigenvalue weighted by Gasteiger charge is -2.27. The van der Waals surface area contributed by atoms with Crippen LogP contribution in [0.25, 0.3) is 0 Å². The lowest BCUT2D eigenvalue weighted by atomic mass is 10.0. The van der Waals surface area contributed by atoms with Crippen LogP contribution in [-0.4, -0.2) is 70.2 Å². The van der Waals surface area contributed by atoms with Gasteiger partial charge < -0.3 is 32.5 Å². The van der Waals surface area contributed by atoms with E-state index in [0.29, 0.717) is 32.2 Å². The molecule has 1 aliphatic rings. The molecule has 1 aromatic carbocycles. The fraction of sp³-hybridized carbons (Fsp3) is 0.500. The summed E-state index contributed by atoms with van der Waals surface area (Å²) in [6.07, 6.45) is 2.06. The molecular formula is C22H33ClN6O5. The largest absolute Gasteiger partial charge is 0.480 e. The first-order valence-corrected chi connectivity index (χ1v) is 11.2. The molecule has 3 atom stereocenters. The smallest absolute Gasteiger partial charge is 0.326 e. The monoisotopic (exact) mass is 496 g/mol. The molecule has 1 fully saturated rings. The van der Waals surface area contributed by atoms with Gasteiger partial charge in [0, 0.05) is 20.0 Å². The minimum atomic E-state index is -1.15. The van der Waals surface area contributed by atoms with Gasteiger partial charge in [0.1, 0.15) is 12.1 Å². The Balaban J connectivity index is 0.00000133. The lowest BCUT2D eigenvalue weighted by Crippen LogP contribution is -2.54. The number of rotatable bonds is 10. The normalized spacial score (nSPS) is 16.4. The third kappa shape index (κ3) is 10.6. The number of carboxylic acid groups (broad SMARTS) is 1. The lowest BCUT2D eigenvalue weighted by molar-refractivity contribution is -0.144. The topological polar surface area (TPSA) is 194 Å². The number of hydrogen-bond acceptors (Lipinski definition) is 6. The molecule has 0 spiro atoms. The van der Waals surface area contributed by atoms with Crippen LogP contribution in [-0.2, 0) is 25.6 Å². The van der Waals surface area contributed by atoms with E-state index in [2.05, 4.69) is 21.9 Å². The molecule has 1 aliphatic heterocycles. The van der Waals surface area contributed by atoms with Gasteiger partial charge in [0.25, 0.3) is 0 Å². The molecule has 8 N–H and O–H groups in total. The van der Waals surface area contributed by atoms with Crippen molar-refractivity contribution in [2.45, 2.75) is 57.2 Å². The maximum Gasteiger partial charge on any atom is 0.326 e. The van der Waals surface area contributed by atoms with Crippen LogP contribution in [0.5, 0.6) is 0 Å². The molecule has 0 aromatic heterocycles. The van der Waals surface area contributed by atoms with Crippen molar-refractivity contribution < 1.29 is 24.3 Å². The fourth-order valence-corrected chi connectivity index (χ4v) is 3.50. The summed E-state index contributed by atoms with van der Waals surface area (Å²) < 4.78 is 0. The number of hydrogen-bond donors (Lipinski definition) is 5. The van der Waals surface area contributed by atoms with Gasteiger partial charge in [0.05, 0.1) is 6.04 Å². The molecule has 34 heavy (non-hydrogen) atoms. The van der Waals surface area contributed by atoms with Crippen molar-refractivity contribution in [1.29, 1.82) is 0 Å². The molecule has 2 unspecified atom stereocenters. The maximum atomic E-state index is 12.8. The third-order valence-corrected chi connectivity index (χ3v) is 5.01. The summed E-state index contributed by atoms with van der Waals surface area (Å²) >= 11 is 4.64. The van der Waals surface area contributed by atoms with Gasteiger partial charge in [-0.1, -0.05) is 30.3 Å². The van der Waals surface area contributed by atoms with Gasteiger partial charge in [-0.05, 0) is 49.3 Å². The highest BCUT2D eigenvalue weighted by atomic mass is 35.5. The number of aliphatic imine (C=N–C) groups is 1. The van der Waals surface area contributed by atoms with Crippen molar-refractivity contribution in [3.63, 3.8) is 0 Å². The van der Waals surface area contributed by atoms with E-state index >= 15 is 0 Å². The summed E-state index contributed by atoms with van der Waals surface area (Å²) in [5.41, 5.74) is 17.5. The summed E-state index contributed by atoms with van der Waals surface area (Å²) in [5.74, 6) is -2.01. The predicted molar refractivity (Wildman–Crippen MR) is 129 cm³/mol. The zero-order valence-electron chi connectivity index (χ0n) is 19.2. The van der Waals surface area contributed by atoms with Gasteiger partial charge in [0.2, 0.25) is 17.1 Å². The number of carbonyl (C=O) groups excluding carboxylic acids is 3. The highest BCUT2D eigenvalue weighted by molar-refractivity contribution is 6.62. The average Bonchev–Trinajstić information content (AvgIpc) is 3.25. The molecule has 0 radical (unpaired) electrons. The highest BCUT2D eigenvalue weighted by Crippen LogP contribution is 2.19. The van der Waals surface area contributed by atoms with Gasteiger partial charge in [-0.2, -0.15) is 0 Å². The number of halogens is 1. The van der Waals surface area contributed by atoms with Crippen LogP contribution >= 0.6 is 11.6 Å². The van der Waals surface area contributed by atoms with E-state index in [-0.39, 0.29) is 30.1 Å². The Morgan fingerprint density at radius 1 is 1.24 bits per heavy atom. The Kier molecular flexibility index (Phi) is 12.6. The molecule has 12 heteroatoms. The second-order valence-electron chi connectivity index (χ2n) is 7.80. The molecule has 2 amide bonds. The number of likely N-dealkylation sites (tertiary alicyclic amines) is 1. The maximum absolute atomic E-state index is 12.8. The first kappa shape index (κ1) is 28.9. The minimum absolute atomic E-state index is 0.0714. The number of guanidine groups is 1. The van der Waals surface area contributed by atoms with E-state index in [0.717, 1.165) is 5.56 Å². The average molecular weight is 497 g/mol. The Labute approximate surface area is 203 Å². The summed E-state index contributed by atoms with van der Waals surface area (Å²) in [7, 11) is 0. The zero-order valence-corrected chi connectivity index (χ0v) is 19.9. The third-order valence-electron chi connectivity index (χ3n) is 5.01. The molecule has 0 aliphatic carbocycles. The van der Waals surface area contributed by atoms with Crippen LogP contribution < -0.4 is 22.5 Å². The summed E-state index contributed by atoms with van der Waals surface area (Å²) in [6, 6.07) is 6.84. The second-order valence-corrected chi connectivity index (χ2v) is 8.34. The van der Waals surface area contributed by atoms with Gasteiger partial charge in [-0.3, -0.25) is 19.4 Å². The standard InChI is InChI=1S/C20H30N6O4.C2H3ClO/c21-14(12-13-6-2-1-3-7-13)18(28)26-11-5-9-16(26)17(27)25-15(19(29)30)8-4-10-24-20(22)23;1-2(3)4/h1-3,6-7,14-16H,4-5,8-12,21H2,(H,25,27)(H,29,30)(H4,22,23,24);1H3/t14?,15-,16?;/m1./s1. The molecule has 1 aromatic rings. The molecule has 188 valence electrons. The van der Waals surface area contributed by atoms with Crippen molar-refractivity contribution in [3.8, 4) is 0 Å². The van der Waals surface area contributed by atoms with Crippen molar-refractivity contribution in [3.05, 3.63) is 35.9 Å². The highest BCUT2D eigenvalue weighted by Gasteiger charge is 2.37. The van der Waals surface area contributed by atoms with Gasteiger partial charge >= 0.3 is 5.97 Å². The Bertz CT molecular complexity index is 859. The van der Waals surface area contributed by atoms with E-state index in [4.69, 9.17) is 17.2 Å². The number of carbonyl (C=O) groups is 4. The zero-order chi connectivity index (χ0) is 25.7. The fourth-order valence-electron chi connectivity index (χ4n) is 3.50. The Morgan fingerprint density at radius 3 is 2.41 bits per heavy atom. The number of aliphatic carboxylic acids is 1. The molecule has 2 rings (SSSR count). The van der Waals surface area contributed by atoms with Crippen molar-refractivity contribution in [2.24, 2.45) is 22.2 Å². The Hall–Kier alpha value is -3.18. The van der Waals surface area contributed by atoms with Crippen LogP contribution in [0.2, 0.25) is 0 Å². The van der Waals surface area contributed by atoms with Gasteiger partial charge in [-0.25, -0.2) is 4.79 Å². The Morgan fingerprint density at radius 2 is 1.85 bits per heavy atom. The predicted octanol–water partition coefficient (Wildman–Crippen LogP) is -0.0579. The van der Waals surface area contributed by atoms with Crippen LogP contribution in [0.15, 0.2) is 35.3 Å². The minimum Gasteiger partial charge on any atom is -0.480 e. The number of nitrogens with two attached hydrogens (primary N) is 3. The number of nitrogens with one attached hydrogen (secondary N) is 1. The number of benzene rings is 1. The summed E-state index contributed by atoms with van der Waals surface area (Å²) in [5, 5.41) is 11.6. The first-order chi connectivity index (χ1) is 16.0. The summed E-state index contributed by atoms with van der Waals surface area (Å²) in [6.45, 7) is 1.98. The van der Waals surface area contributed by atoms with Crippen molar-refractivity contribution >= 4 is 40.6 Å². The van der Waals surface area contributed by atoms with Gasteiger partial charge in [-0.15, -0.1) is 0 Å². The van der Waals surface area contributed by atoms with Gasteiger partial charge in [0.15, 0.2) is 5.96 Å². The first-order valence-electron chi connectivity index (χ1n) is 10.9. The summed E-state index contributed by atoms with van der Waals surface area (Å²) in [4.78, 5) is 51.5. The molecule has 0 bridgehead atoms. The number of amides is 2. The van der Waals surface area contributed by atoms with E-state index < -0.39 is 30.0 Å². The number of carboxylic acids is 1. The molecule has 1 heterocycles. The second kappa shape index (κ2) is 14.9. The molecule has 11 nitrogen and oxygen atoms in total. The van der Waals surface area contributed by atoms with Crippen molar-refractivity contribution in [2.75, 3.05) is 13.1 Å². The molecular weight excluding hydrogens is 464 g/mol. The van der Waals surface area contributed by atoms with Crippen LogP contribution in [0.3, 0.4) is 0 Å².